The number of carbonyl (C=O) groups is 1. The molecule has 0 radical (unpaired) electrons. The van der Waals surface area contributed by atoms with Crippen LogP contribution in [0.15, 0.2) is 29.3 Å². The van der Waals surface area contributed by atoms with Crippen molar-refractivity contribution in [3.63, 3.8) is 0 Å². The zero-order valence-corrected chi connectivity index (χ0v) is 14.9. The van der Waals surface area contributed by atoms with Crippen LogP contribution in [0.5, 0.6) is 0 Å². The van der Waals surface area contributed by atoms with Gasteiger partial charge in [-0.15, -0.1) is 24.0 Å². The Kier molecular flexibility index (Phi) is 7.49. The topological polar surface area (TPSA) is 56.7 Å². The first-order valence-electron chi connectivity index (χ1n) is 7.03. The maximum absolute atomic E-state index is 12.3. The van der Waals surface area contributed by atoms with E-state index in [4.69, 9.17) is 0 Å². The molecule has 6 heteroatoms. The van der Waals surface area contributed by atoms with Crippen molar-refractivity contribution >= 4 is 41.5 Å². The van der Waals surface area contributed by atoms with Crippen molar-refractivity contribution in [2.24, 2.45) is 4.99 Å². The van der Waals surface area contributed by atoms with Crippen molar-refractivity contribution in [1.82, 2.24) is 10.6 Å². The second-order valence-electron chi connectivity index (χ2n) is 4.78. The van der Waals surface area contributed by atoms with E-state index in [1.165, 1.54) is 5.56 Å². The summed E-state index contributed by atoms with van der Waals surface area (Å²) in [5, 5.41) is 6.04. The van der Waals surface area contributed by atoms with Crippen molar-refractivity contribution in [2.45, 2.75) is 19.3 Å². The molecule has 0 saturated heterocycles. The van der Waals surface area contributed by atoms with Crippen molar-refractivity contribution in [2.75, 3.05) is 32.1 Å². The molecule has 0 aliphatic carbocycles. The van der Waals surface area contributed by atoms with Crippen LogP contribution in [0.1, 0.15) is 18.4 Å². The highest BCUT2D eigenvalue weighted by Crippen LogP contribution is 2.26. The van der Waals surface area contributed by atoms with Gasteiger partial charge in [0, 0.05) is 39.3 Å². The number of fused-ring (bicyclic) bond motifs is 1. The van der Waals surface area contributed by atoms with Crippen LogP contribution in [0.25, 0.3) is 0 Å². The molecule has 1 heterocycles. The SMILES string of the molecule is CN=C(NC)NCCC(=O)N1CCCc2ccccc21.I. The third-order valence-corrected chi connectivity index (χ3v) is 3.50. The lowest BCUT2D eigenvalue weighted by atomic mass is 10.0. The van der Waals surface area contributed by atoms with E-state index < -0.39 is 0 Å². The minimum Gasteiger partial charge on any atom is -0.359 e. The molecule has 1 aliphatic rings. The highest BCUT2D eigenvalue weighted by atomic mass is 127. The summed E-state index contributed by atoms with van der Waals surface area (Å²) in [6.45, 7) is 1.40. The summed E-state index contributed by atoms with van der Waals surface area (Å²) in [5.74, 6) is 0.869. The maximum atomic E-state index is 12.3. The molecule has 1 aromatic carbocycles. The molecule has 0 bridgehead atoms. The monoisotopic (exact) mass is 402 g/mol. The van der Waals surface area contributed by atoms with Crippen LogP contribution in [0.4, 0.5) is 5.69 Å². The third-order valence-electron chi connectivity index (χ3n) is 3.50. The van der Waals surface area contributed by atoms with Crippen molar-refractivity contribution in [1.29, 1.82) is 0 Å². The van der Waals surface area contributed by atoms with E-state index in [9.17, 15) is 4.79 Å². The van der Waals surface area contributed by atoms with Crippen LogP contribution < -0.4 is 15.5 Å². The second kappa shape index (κ2) is 8.86. The second-order valence-corrected chi connectivity index (χ2v) is 4.78. The van der Waals surface area contributed by atoms with Gasteiger partial charge in [0.15, 0.2) is 5.96 Å². The smallest absolute Gasteiger partial charge is 0.228 e. The molecule has 5 nitrogen and oxygen atoms in total. The number of hydrogen-bond donors (Lipinski definition) is 2. The molecule has 1 aromatic rings. The van der Waals surface area contributed by atoms with E-state index in [2.05, 4.69) is 21.7 Å². The lowest BCUT2D eigenvalue weighted by molar-refractivity contribution is -0.118. The zero-order chi connectivity index (χ0) is 14.4. The summed E-state index contributed by atoms with van der Waals surface area (Å²) >= 11 is 0. The molecule has 2 N–H and O–H groups in total. The van der Waals surface area contributed by atoms with Gasteiger partial charge in [-0.25, -0.2) is 0 Å². The van der Waals surface area contributed by atoms with E-state index in [0.29, 0.717) is 18.9 Å². The minimum atomic E-state index is 0. The summed E-state index contributed by atoms with van der Waals surface area (Å²) in [5.41, 5.74) is 2.34. The summed E-state index contributed by atoms with van der Waals surface area (Å²) in [6, 6.07) is 8.17. The van der Waals surface area contributed by atoms with Gasteiger partial charge in [0.25, 0.3) is 0 Å². The quantitative estimate of drug-likeness (QED) is 0.461. The Bertz CT molecular complexity index is 504. The van der Waals surface area contributed by atoms with Gasteiger partial charge in [0.2, 0.25) is 5.91 Å². The Balaban J connectivity index is 0.00000220. The number of para-hydroxylation sites is 1. The summed E-state index contributed by atoms with van der Waals surface area (Å²) in [6.07, 6.45) is 2.56. The molecule has 2 rings (SSSR count). The number of anilines is 1. The van der Waals surface area contributed by atoms with Gasteiger partial charge in [-0.1, -0.05) is 18.2 Å². The number of carbonyl (C=O) groups excluding carboxylic acids is 1. The van der Waals surface area contributed by atoms with Crippen LogP contribution in [0.2, 0.25) is 0 Å². The summed E-state index contributed by atoms with van der Waals surface area (Å²) < 4.78 is 0. The van der Waals surface area contributed by atoms with Crippen molar-refractivity contribution < 1.29 is 4.79 Å². The molecule has 1 aliphatic heterocycles. The van der Waals surface area contributed by atoms with E-state index in [-0.39, 0.29) is 29.9 Å². The zero-order valence-electron chi connectivity index (χ0n) is 12.6. The van der Waals surface area contributed by atoms with Crippen LogP contribution in [-0.4, -0.2) is 39.1 Å². The molecule has 116 valence electrons. The average Bonchev–Trinajstić information content (AvgIpc) is 2.51. The number of hydrogen-bond acceptors (Lipinski definition) is 2. The van der Waals surface area contributed by atoms with Gasteiger partial charge in [-0.3, -0.25) is 9.79 Å². The molecule has 21 heavy (non-hydrogen) atoms. The third kappa shape index (κ3) is 4.59. The number of guanidine groups is 1. The summed E-state index contributed by atoms with van der Waals surface area (Å²) in [7, 11) is 3.51. The molecule has 0 fully saturated rings. The first kappa shape index (κ1) is 17.7. The van der Waals surface area contributed by atoms with Gasteiger partial charge in [0.1, 0.15) is 0 Å². The number of rotatable bonds is 3. The maximum Gasteiger partial charge on any atom is 0.228 e. The van der Waals surface area contributed by atoms with E-state index in [0.717, 1.165) is 25.1 Å². The normalized spacial score (nSPS) is 14.0. The van der Waals surface area contributed by atoms with Gasteiger partial charge in [0.05, 0.1) is 0 Å². The summed E-state index contributed by atoms with van der Waals surface area (Å²) in [4.78, 5) is 18.3. The number of aryl methyl sites for hydroxylation is 1. The van der Waals surface area contributed by atoms with Gasteiger partial charge >= 0.3 is 0 Å². The number of halogens is 1. The predicted octanol–water partition coefficient (Wildman–Crippen LogP) is 1.77. The molecule has 0 spiro atoms. The van der Waals surface area contributed by atoms with Crippen LogP contribution in [-0.2, 0) is 11.2 Å². The lowest BCUT2D eigenvalue weighted by Gasteiger charge is -2.29. The molecule has 0 unspecified atom stereocenters. The Morgan fingerprint density at radius 3 is 2.86 bits per heavy atom. The van der Waals surface area contributed by atoms with E-state index in [1.807, 2.05) is 23.1 Å². The molecule has 0 aromatic heterocycles. The lowest BCUT2D eigenvalue weighted by Crippen LogP contribution is -2.40. The minimum absolute atomic E-state index is 0. The van der Waals surface area contributed by atoms with Crippen molar-refractivity contribution in [3.8, 4) is 0 Å². The fourth-order valence-corrected chi connectivity index (χ4v) is 2.49. The van der Waals surface area contributed by atoms with Crippen molar-refractivity contribution in [3.05, 3.63) is 29.8 Å². The van der Waals surface area contributed by atoms with Crippen LogP contribution >= 0.6 is 24.0 Å². The van der Waals surface area contributed by atoms with Gasteiger partial charge in [-0.2, -0.15) is 0 Å². The standard InChI is InChI=1S/C15H22N4O.HI/c1-16-15(17-2)18-10-9-14(20)19-11-5-7-12-6-3-4-8-13(12)19;/h3-4,6,8H,5,7,9-11H2,1-2H3,(H2,16,17,18);1H. The number of nitrogens with one attached hydrogen (secondary N) is 2. The largest absolute Gasteiger partial charge is 0.359 e. The van der Waals surface area contributed by atoms with E-state index >= 15 is 0 Å². The van der Waals surface area contributed by atoms with Gasteiger partial charge in [-0.05, 0) is 24.5 Å². The molecule has 0 saturated carbocycles. The number of aliphatic imine (C=N–C) groups is 1. The number of nitrogens with zero attached hydrogens (tertiary/aromatic N) is 2. The first-order chi connectivity index (χ1) is 9.76. The van der Waals surface area contributed by atoms with Crippen LogP contribution in [0.3, 0.4) is 0 Å². The molecular weight excluding hydrogens is 379 g/mol. The fourth-order valence-electron chi connectivity index (χ4n) is 2.49. The highest BCUT2D eigenvalue weighted by Gasteiger charge is 2.21. The molecular formula is C15H23IN4O. The number of amides is 1. The average molecular weight is 402 g/mol. The number of benzene rings is 1. The first-order valence-corrected chi connectivity index (χ1v) is 7.03. The van der Waals surface area contributed by atoms with Gasteiger partial charge < -0.3 is 15.5 Å². The fraction of sp³-hybridized carbons (Fsp3) is 0.467. The Morgan fingerprint density at radius 1 is 1.38 bits per heavy atom. The Hall–Kier alpha value is -1.31. The molecule has 0 atom stereocenters. The molecule has 1 amide bonds. The van der Waals surface area contributed by atoms with Crippen LogP contribution in [0, 0.1) is 0 Å². The highest BCUT2D eigenvalue weighted by molar-refractivity contribution is 14.0. The predicted molar refractivity (Wildman–Crippen MR) is 97.6 cm³/mol. The Morgan fingerprint density at radius 2 is 2.14 bits per heavy atom. The Labute approximate surface area is 143 Å². The van der Waals surface area contributed by atoms with E-state index in [1.54, 1.807) is 14.1 Å².